The molecule has 0 aliphatic carbocycles. The van der Waals surface area contributed by atoms with Gasteiger partial charge >= 0.3 is 0 Å². The number of hydrogen-bond acceptors (Lipinski definition) is 2. The van der Waals surface area contributed by atoms with Gasteiger partial charge in [-0.05, 0) is 24.1 Å². The number of primary amides is 1. The van der Waals surface area contributed by atoms with Gasteiger partial charge in [-0.3, -0.25) is 9.59 Å². The molecule has 18 heavy (non-hydrogen) atoms. The van der Waals surface area contributed by atoms with E-state index in [1.165, 1.54) is 11.9 Å². The Morgan fingerprint density at radius 2 is 2.00 bits per heavy atom. The summed E-state index contributed by atoms with van der Waals surface area (Å²) in [5.41, 5.74) is 5.86. The highest BCUT2D eigenvalue weighted by Crippen LogP contribution is 2.22. The van der Waals surface area contributed by atoms with Crippen LogP contribution in [0.3, 0.4) is 0 Å². The summed E-state index contributed by atoms with van der Waals surface area (Å²) in [6, 6.07) is 5.14. The minimum atomic E-state index is -0.532. The van der Waals surface area contributed by atoms with Gasteiger partial charge in [-0.2, -0.15) is 0 Å². The summed E-state index contributed by atoms with van der Waals surface area (Å²) in [5.74, 6) is -0.685. The smallest absolute Gasteiger partial charge is 0.237 e. The number of halogens is 2. The van der Waals surface area contributed by atoms with E-state index in [1.54, 1.807) is 18.2 Å². The molecule has 2 N–H and O–H groups in total. The Balaban J connectivity index is 2.54. The number of nitrogens with two attached hydrogens (primary N) is 1. The van der Waals surface area contributed by atoms with Gasteiger partial charge in [0.15, 0.2) is 0 Å². The van der Waals surface area contributed by atoms with Gasteiger partial charge in [0, 0.05) is 23.5 Å². The minimum Gasteiger partial charge on any atom is -0.368 e. The highest BCUT2D eigenvalue weighted by Gasteiger charge is 2.11. The Labute approximate surface area is 116 Å². The van der Waals surface area contributed by atoms with Crippen LogP contribution >= 0.6 is 23.2 Å². The van der Waals surface area contributed by atoms with E-state index in [0.717, 1.165) is 5.56 Å². The SMILES string of the molecule is CN(CC(N)=O)C(=O)CCc1ccc(Cl)cc1Cl. The lowest BCUT2D eigenvalue weighted by Gasteiger charge is -2.15. The Morgan fingerprint density at radius 1 is 1.33 bits per heavy atom. The zero-order valence-electron chi connectivity index (χ0n) is 9.95. The number of amides is 2. The summed E-state index contributed by atoms with van der Waals surface area (Å²) >= 11 is 11.8. The van der Waals surface area contributed by atoms with Crippen LogP contribution in [-0.2, 0) is 16.0 Å². The van der Waals surface area contributed by atoms with Crippen LogP contribution < -0.4 is 5.73 Å². The van der Waals surface area contributed by atoms with Crippen molar-refractivity contribution in [3.63, 3.8) is 0 Å². The summed E-state index contributed by atoms with van der Waals surface area (Å²) in [7, 11) is 1.54. The van der Waals surface area contributed by atoms with E-state index < -0.39 is 5.91 Å². The monoisotopic (exact) mass is 288 g/mol. The molecule has 0 aliphatic rings. The number of carbonyl (C=O) groups excluding carboxylic acids is 2. The van der Waals surface area contributed by atoms with Crippen molar-refractivity contribution in [2.24, 2.45) is 5.73 Å². The van der Waals surface area contributed by atoms with E-state index in [-0.39, 0.29) is 18.9 Å². The summed E-state index contributed by atoms with van der Waals surface area (Å²) < 4.78 is 0. The van der Waals surface area contributed by atoms with E-state index in [1.807, 2.05) is 0 Å². The van der Waals surface area contributed by atoms with Crippen LogP contribution in [-0.4, -0.2) is 30.3 Å². The lowest BCUT2D eigenvalue weighted by Crippen LogP contribution is -2.35. The van der Waals surface area contributed by atoms with Crippen molar-refractivity contribution in [3.05, 3.63) is 33.8 Å². The highest BCUT2D eigenvalue weighted by molar-refractivity contribution is 6.35. The molecule has 0 bridgehead atoms. The molecule has 0 fully saturated rings. The highest BCUT2D eigenvalue weighted by atomic mass is 35.5. The molecule has 98 valence electrons. The Morgan fingerprint density at radius 3 is 2.56 bits per heavy atom. The summed E-state index contributed by atoms with van der Waals surface area (Å²) in [4.78, 5) is 23.6. The fourth-order valence-corrected chi connectivity index (χ4v) is 1.98. The third kappa shape index (κ3) is 4.55. The van der Waals surface area contributed by atoms with E-state index in [9.17, 15) is 9.59 Å². The van der Waals surface area contributed by atoms with Gasteiger partial charge < -0.3 is 10.6 Å². The zero-order valence-corrected chi connectivity index (χ0v) is 11.5. The number of nitrogens with zero attached hydrogens (tertiary/aromatic N) is 1. The molecule has 1 rings (SSSR count). The van der Waals surface area contributed by atoms with Crippen LogP contribution in [0.15, 0.2) is 18.2 Å². The second-order valence-corrected chi connectivity index (χ2v) is 4.80. The maximum absolute atomic E-state index is 11.7. The molecule has 0 aromatic heterocycles. The number of rotatable bonds is 5. The lowest BCUT2D eigenvalue weighted by atomic mass is 10.1. The van der Waals surface area contributed by atoms with Crippen molar-refractivity contribution in [3.8, 4) is 0 Å². The van der Waals surface area contributed by atoms with E-state index in [2.05, 4.69) is 0 Å². The fraction of sp³-hybridized carbons (Fsp3) is 0.333. The van der Waals surface area contributed by atoms with Crippen LogP contribution in [0, 0.1) is 0 Å². The van der Waals surface area contributed by atoms with Crippen LogP contribution in [0.5, 0.6) is 0 Å². The molecule has 0 heterocycles. The van der Waals surface area contributed by atoms with Crippen molar-refractivity contribution in [2.75, 3.05) is 13.6 Å². The number of aryl methyl sites for hydroxylation is 1. The molecule has 0 saturated carbocycles. The maximum Gasteiger partial charge on any atom is 0.237 e. The van der Waals surface area contributed by atoms with Gasteiger partial charge in [0.05, 0.1) is 6.54 Å². The molecule has 1 aromatic carbocycles. The van der Waals surface area contributed by atoms with Crippen molar-refractivity contribution < 1.29 is 9.59 Å². The topological polar surface area (TPSA) is 63.4 Å². The molecule has 0 unspecified atom stereocenters. The minimum absolute atomic E-state index is 0.0762. The van der Waals surface area contributed by atoms with Crippen molar-refractivity contribution in [2.45, 2.75) is 12.8 Å². The van der Waals surface area contributed by atoms with Gasteiger partial charge in [-0.1, -0.05) is 29.3 Å². The number of likely N-dealkylation sites (N-methyl/N-ethyl adjacent to an activating group) is 1. The number of carbonyl (C=O) groups is 2. The van der Waals surface area contributed by atoms with Gasteiger partial charge in [0.1, 0.15) is 0 Å². The van der Waals surface area contributed by atoms with Crippen LogP contribution in [0.1, 0.15) is 12.0 Å². The molecule has 0 aliphatic heterocycles. The molecule has 4 nitrogen and oxygen atoms in total. The van der Waals surface area contributed by atoms with Crippen LogP contribution in [0.25, 0.3) is 0 Å². The summed E-state index contributed by atoms with van der Waals surface area (Å²) in [5, 5.41) is 1.09. The molecule has 0 radical (unpaired) electrons. The van der Waals surface area contributed by atoms with Crippen LogP contribution in [0.2, 0.25) is 10.0 Å². The normalized spacial score (nSPS) is 10.2. The molecular formula is C12H14Cl2N2O2. The van der Waals surface area contributed by atoms with Crippen molar-refractivity contribution in [1.82, 2.24) is 4.90 Å². The standard InChI is InChI=1S/C12H14Cl2N2O2/c1-16(7-11(15)17)12(18)5-3-8-2-4-9(13)6-10(8)14/h2,4,6H,3,5,7H2,1H3,(H2,15,17). The lowest BCUT2D eigenvalue weighted by molar-refractivity contribution is -0.133. The van der Waals surface area contributed by atoms with Crippen molar-refractivity contribution in [1.29, 1.82) is 0 Å². The maximum atomic E-state index is 11.7. The van der Waals surface area contributed by atoms with Gasteiger partial charge in [0.25, 0.3) is 0 Å². The first kappa shape index (κ1) is 14.8. The summed E-state index contributed by atoms with van der Waals surface area (Å²) in [6.45, 7) is -0.0762. The van der Waals surface area contributed by atoms with Crippen LogP contribution in [0.4, 0.5) is 0 Å². The first-order valence-electron chi connectivity index (χ1n) is 5.36. The van der Waals surface area contributed by atoms with E-state index in [4.69, 9.17) is 28.9 Å². The first-order valence-corrected chi connectivity index (χ1v) is 6.12. The quantitative estimate of drug-likeness (QED) is 0.899. The Kier molecular flexibility index (Phi) is 5.44. The number of hydrogen-bond donors (Lipinski definition) is 1. The molecule has 2 amide bonds. The third-order valence-corrected chi connectivity index (χ3v) is 3.03. The largest absolute Gasteiger partial charge is 0.368 e. The first-order chi connectivity index (χ1) is 8.40. The van der Waals surface area contributed by atoms with Crippen molar-refractivity contribution >= 4 is 35.0 Å². The molecule has 0 spiro atoms. The predicted octanol–water partition coefficient (Wildman–Crippen LogP) is 1.87. The molecule has 0 atom stereocenters. The predicted molar refractivity (Wildman–Crippen MR) is 71.6 cm³/mol. The second kappa shape index (κ2) is 6.61. The fourth-order valence-electron chi connectivity index (χ4n) is 1.48. The summed E-state index contributed by atoms with van der Waals surface area (Å²) in [6.07, 6.45) is 0.767. The zero-order chi connectivity index (χ0) is 13.7. The van der Waals surface area contributed by atoms with Gasteiger partial charge in [0.2, 0.25) is 11.8 Å². The third-order valence-electron chi connectivity index (χ3n) is 2.44. The second-order valence-electron chi connectivity index (χ2n) is 3.95. The van der Waals surface area contributed by atoms with E-state index >= 15 is 0 Å². The Hall–Kier alpha value is -1.26. The Bertz CT molecular complexity index is 463. The van der Waals surface area contributed by atoms with E-state index in [0.29, 0.717) is 16.5 Å². The molecule has 0 saturated heterocycles. The molecule has 1 aromatic rings. The van der Waals surface area contributed by atoms with Gasteiger partial charge in [-0.15, -0.1) is 0 Å². The average molecular weight is 289 g/mol. The molecular weight excluding hydrogens is 275 g/mol. The average Bonchev–Trinajstić information content (AvgIpc) is 2.26. The van der Waals surface area contributed by atoms with Gasteiger partial charge in [-0.25, -0.2) is 0 Å². The molecule has 6 heteroatoms. The number of benzene rings is 1.